The number of carbonyl (C=O) groups is 1. The summed E-state index contributed by atoms with van der Waals surface area (Å²) in [5.41, 5.74) is -2.24. The Kier molecular flexibility index (Phi) is 7.37. The Bertz CT molecular complexity index is 1070. The Balaban J connectivity index is 1.55. The van der Waals surface area contributed by atoms with Crippen molar-refractivity contribution in [3.8, 4) is 11.5 Å². The van der Waals surface area contributed by atoms with E-state index in [-0.39, 0.29) is 37.3 Å². The minimum absolute atomic E-state index is 0.0649. The van der Waals surface area contributed by atoms with Crippen LogP contribution < -0.4 is 14.8 Å². The van der Waals surface area contributed by atoms with Crippen molar-refractivity contribution in [2.24, 2.45) is 0 Å². The number of likely N-dealkylation sites (N-methyl/N-ethyl adjacent to an activating group) is 1. The molecule has 2 aromatic rings. The molecule has 6 nitrogen and oxygen atoms in total. The fourth-order valence-corrected chi connectivity index (χ4v) is 4.31. The molecule has 0 aliphatic carbocycles. The lowest BCUT2D eigenvalue weighted by Crippen LogP contribution is -2.50. The maximum Gasteiger partial charge on any atom is 0.416 e. The van der Waals surface area contributed by atoms with E-state index in [1.54, 1.807) is 18.2 Å². The van der Waals surface area contributed by atoms with E-state index in [9.17, 15) is 31.1 Å². The second-order valence-corrected chi connectivity index (χ2v) is 8.73. The minimum atomic E-state index is -4.93. The zero-order valence-electron chi connectivity index (χ0n) is 19.4. The molecule has 36 heavy (non-hydrogen) atoms. The van der Waals surface area contributed by atoms with Gasteiger partial charge in [0.1, 0.15) is 6.04 Å². The molecule has 0 radical (unpaired) electrons. The van der Waals surface area contributed by atoms with E-state index < -0.39 is 29.5 Å². The van der Waals surface area contributed by atoms with Crippen molar-refractivity contribution in [3.63, 3.8) is 0 Å². The smallest absolute Gasteiger partial charge is 0.416 e. The number of ether oxygens (including phenoxy) is 2. The van der Waals surface area contributed by atoms with Crippen LogP contribution >= 0.6 is 0 Å². The Labute approximate surface area is 203 Å². The van der Waals surface area contributed by atoms with Crippen molar-refractivity contribution in [1.82, 2.24) is 15.1 Å². The first-order chi connectivity index (χ1) is 16.9. The Hall–Kier alpha value is -2.99. The first-order valence-corrected chi connectivity index (χ1v) is 11.3. The summed E-state index contributed by atoms with van der Waals surface area (Å²) < 4.78 is 90.0. The fourth-order valence-electron chi connectivity index (χ4n) is 4.31. The molecule has 1 fully saturated rings. The van der Waals surface area contributed by atoms with Crippen LogP contribution in [0.1, 0.15) is 28.3 Å². The highest BCUT2D eigenvalue weighted by Gasteiger charge is 2.37. The number of halogens is 6. The molecule has 196 valence electrons. The van der Waals surface area contributed by atoms with Gasteiger partial charge < -0.3 is 19.7 Å². The Morgan fingerprint density at radius 1 is 0.972 bits per heavy atom. The molecule has 0 aromatic heterocycles. The summed E-state index contributed by atoms with van der Waals surface area (Å²) in [7, 11) is 1.49. The SMILES string of the molecule is CN(CCc1cc(C(F)(F)F)cc(C(F)(F)F)c1)C(=O)C(c1ccc2c(c1)OCO2)N1CCNCC1. The summed E-state index contributed by atoms with van der Waals surface area (Å²) in [6.45, 7) is 2.51. The molecule has 2 heterocycles. The lowest BCUT2D eigenvalue weighted by atomic mass is 10.0. The van der Waals surface area contributed by atoms with Gasteiger partial charge in [-0.05, 0) is 47.9 Å². The number of hydrogen-bond acceptors (Lipinski definition) is 5. The van der Waals surface area contributed by atoms with Gasteiger partial charge in [-0.1, -0.05) is 6.07 Å². The number of carbonyl (C=O) groups excluding carboxylic acids is 1. The standard InChI is InChI=1S/C24H25F6N3O3/c1-32(7-4-15-10-17(23(25,26)27)13-18(11-15)24(28,29)30)22(34)21(33-8-5-31-6-9-33)16-2-3-19-20(12-16)36-14-35-19/h2-3,10-13,21,31H,4-9,14H2,1H3. The van der Waals surface area contributed by atoms with Crippen LogP contribution in [0, 0.1) is 0 Å². The summed E-state index contributed by atoms with van der Waals surface area (Å²) in [6, 6.07) is 5.98. The maximum atomic E-state index is 13.5. The van der Waals surface area contributed by atoms with Crippen molar-refractivity contribution in [3.05, 3.63) is 58.7 Å². The highest BCUT2D eigenvalue weighted by atomic mass is 19.4. The van der Waals surface area contributed by atoms with Gasteiger partial charge in [-0.3, -0.25) is 9.69 Å². The second kappa shape index (κ2) is 10.2. The third-order valence-electron chi connectivity index (χ3n) is 6.22. The van der Waals surface area contributed by atoms with E-state index in [0.717, 1.165) is 0 Å². The van der Waals surface area contributed by atoms with Gasteiger partial charge in [0.15, 0.2) is 11.5 Å². The van der Waals surface area contributed by atoms with Crippen LogP contribution in [0.15, 0.2) is 36.4 Å². The first-order valence-electron chi connectivity index (χ1n) is 11.3. The van der Waals surface area contributed by atoms with Crippen molar-refractivity contribution in [1.29, 1.82) is 0 Å². The normalized spacial score (nSPS) is 17.2. The summed E-state index contributed by atoms with van der Waals surface area (Å²) >= 11 is 0. The molecule has 1 atom stereocenters. The van der Waals surface area contributed by atoms with E-state index in [2.05, 4.69) is 5.32 Å². The molecule has 1 saturated heterocycles. The number of nitrogens with one attached hydrogen (secondary N) is 1. The highest BCUT2D eigenvalue weighted by molar-refractivity contribution is 5.83. The molecule has 0 spiro atoms. The van der Waals surface area contributed by atoms with Gasteiger partial charge >= 0.3 is 12.4 Å². The molecule has 0 saturated carbocycles. The third kappa shape index (κ3) is 5.86. The number of hydrogen-bond donors (Lipinski definition) is 1. The van der Waals surface area contributed by atoms with Gasteiger partial charge in [0.2, 0.25) is 12.7 Å². The van der Waals surface area contributed by atoms with E-state index >= 15 is 0 Å². The molecule has 4 rings (SSSR count). The highest BCUT2D eigenvalue weighted by Crippen LogP contribution is 2.38. The first kappa shape index (κ1) is 26.1. The topological polar surface area (TPSA) is 54.0 Å². The summed E-state index contributed by atoms with van der Waals surface area (Å²) in [4.78, 5) is 16.9. The largest absolute Gasteiger partial charge is 0.454 e. The van der Waals surface area contributed by atoms with Gasteiger partial charge in [-0.15, -0.1) is 0 Å². The van der Waals surface area contributed by atoms with Gasteiger partial charge in [0.25, 0.3) is 0 Å². The van der Waals surface area contributed by atoms with Crippen molar-refractivity contribution in [2.75, 3.05) is 46.6 Å². The number of fused-ring (bicyclic) bond motifs is 1. The molecule has 2 aromatic carbocycles. The number of nitrogens with zero attached hydrogens (tertiary/aromatic N) is 2. The van der Waals surface area contributed by atoms with Gasteiger partial charge in [-0.2, -0.15) is 26.3 Å². The quantitative estimate of drug-likeness (QED) is 0.585. The van der Waals surface area contributed by atoms with Crippen LogP contribution in [0.2, 0.25) is 0 Å². The molecule has 2 aliphatic heterocycles. The predicted octanol–water partition coefficient (Wildman–Crippen LogP) is 4.10. The minimum Gasteiger partial charge on any atom is -0.454 e. The zero-order valence-corrected chi connectivity index (χ0v) is 19.4. The van der Waals surface area contributed by atoms with Crippen LogP contribution in [0.5, 0.6) is 11.5 Å². The molecule has 1 N–H and O–H groups in total. The van der Waals surface area contributed by atoms with Gasteiger partial charge in [0.05, 0.1) is 11.1 Å². The number of rotatable bonds is 6. The molecular formula is C24H25F6N3O3. The molecule has 12 heteroatoms. The van der Waals surface area contributed by atoms with Crippen molar-refractivity contribution < 1.29 is 40.6 Å². The number of piperazine rings is 1. The van der Waals surface area contributed by atoms with E-state index in [4.69, 9.17) is 9.47 Å². The molecule has 2 aliphatic rings. The molecular weight excluding hydrogens is 492 g/mol. The van der Waals surface area contributed by atoms with Crippen LogP contribution in [-0.4, -0.2) is 62.3 Å². The van der Waals surface area contributed by atoms with E-state index in [1.165, 1.54) is 11.9 Å². The average molecular weight is 517 g/mol. The van der Waals surface area contributed by atoms with Gasteiger partial charge in [-0.25, -0.2) is 0 Å². The Morgan fingerprint density at radius 3 is 2.19 bits per heavy atom. The Morgan fingerprint density at radius 2 is 1.58 bits per heavy atom. The van der Waals surface area contributed by atoms with Crippen molar-refractivity contribution in [2.45, 2.75) is 24.8 Å². The van der Waals surface area contributed by atoms with Crippen LogP contribution in [0.3, 0.4) is 0 Å². The molecule has 1 amide bonds. The molecule has 1 unspecified atom stereocenters. The lowest BCUT2D eigenvalue weighted by Gasteiger charge is -2.36. The summed E-state index contributed by atoms with van der Waals surface area (Å²) in [6.07, 6.45) is -10.0. The van der Waals surface area contributed by atoms with Crippen LogP contribution in [0.25, 0.3) is 0 Å². The van der Waals surface area contributed by atoms with Crippen LogP contribution in [0.4, 0.5) is 26.3 Å². The second-order valence-electron chi connectivity index (χ2n) is 8.73. The monoisotopic (exact) mass is 517 g/mol. The number of alkyl halides is 6. The lowest BCUT2D eigenvalue weighted by molar-refractivity contribution is -0.143. The number of amides is 1. The average Bonchev–Trinajstić information content (AvgIpc) is 3.30. The fraction of sp³-hybridized carbons (Fsp3) is 0.458. The molecule has 0 bridgehead atoms. The van der Waals surface area contributed by atoms with Crippen LogP contribution in [-0.2, 0) is 23.6 Å². The van der Waals surface area contributed by atoms with E-state index in [0.29, 0.717) is 55.4 Å². The van der Waals surface area contributed by atoms with Gasteiger partial charge in [0, 0.05) is 39.8 Å². The maximum absolute atomic E-state index is 13.5. The zero-order chi connectivity index (χ0) is 26.1. The summed E-state index contributed by atoms with van der Waals surface area (Å²) in [5.74, 6) is 0.745. The van der Waals surface area contributed by atoms with Crippen molar-refractivity contribution >= 4 is 5.91 Å². The number of benzene rings is 2. The third-order valence-corrected chi connectivity index (χ3v) is 6.22. The summed E-state index contributed by atoms with van der Waals surface area (Å²) in [5, 5.41) is 3.22. The predicted molar refractivity (Wildman–Crippen MR) is 118 cm³/mol. The van der Waals surface area contributed by atoms with E-state index in [1.807, 2.05) is 4.90 Å².